The van der Waals surface area contributed by atoms with Crippen LogP contribution >= 0.6 is 0 Å². The van der Waals surface area contributed by atoms with E-state index in [0.29, 0.717) is 5.41 Å². The molecule has 0 amide bonds. The number of rotatable bonds is 6. The molecular formula is C16H27N3O. The zero-order chi connectivity index (χ0) is 14.4. The zero-order valence-corrected chi connectivity index (χ0v) is 13.0. The van der Waals surface area contributed by atoms with Crippen molar-refractivity contribution >= 4 is 0 Å². The molecule has 4 nitrogen and oxygen atoms in total. The Morgan fingerprint density at radius 3 is 2.75 bits per heavy atom. The van der Waals surface area contributed by atoms with Crippen molar-refractivity contribution in [2.24, 2.45) is 5.41 Å². The van der Waals surface area contributed by atoms with E-state index in [-0.39, 0.29) is 0 Å². The highest BCUT2D eigenvalue weighted by Gasteiger charge is 2.33. The molecule has 1 aromatic heterocycles. The van der Waals surface area contributed by atoms with E-state index >= 15 is 0 Å². The average molecular weight is 277 g/mol. The first-order chi connectivity index (χ1) is 9.63. The first-order valence-corrected chi connectivity index (χ1v) is 7.47. The van der Waals surface area contributed by atoms with E-state index in [2.05, 4.69) is 34.4 Å². The topological polar surface area (TPSA) is 37.4 Å². The van der Waals surface area contributed by atoms with Crippen molar-refractivity contribution in [3.8, 4) is 0 Å². The van der Waals surface area contributed by atoms with Gasteiger partial charge in [-0.1, -0.05) is 6.07 Å². The van der Waals surface area contributed by atoms with Gasteiger partial charge in [-0.3, -0.25) is 9.88 Å². The van der Waals surface area contributed by atoms with Crippen LogP contribution in [0.4, 0.5) is 0 Å². The summed E-state index contributed by atoms with van der Waals surface area (Å²) in [5.74, 6) is 0. The lowest BCUT2D eigenvalue weighted by atomic mass is 9.79. The van der Waals surface area contributed by atoms with Crippen LogP contribution in [0.5, 0.6) is 0 Å². The van der Waals surface area contributed by atoms with Crippen LogP contribution in [0.15, 0.2) is 18.2 Å². The Bertz CT molecular complexity index is 410. The van der Waals surface area contributed by atoms with Crippen LogP contribution in [0.2, 0.25) is 0 Å². The lowest BCUT2D eigenvalue weighted by molar-refractivity contribution is -0.000877. The number of nitrogens with one attached hydrogen (secondary N) is 1. The summed E-state index contributed by atoms with van der Waals surface area (Å²) in [6, 6.07) is 6.24. The molecule has 2 rings (SSSR count). The molecule has 0 aliphatic carbocycles. The Morgan fingerprint density at radius 2 is 2.10 bits per heavy atom. The van der Waals surface area contributed by atoms with Crippen molar-refractivity contribution in [1.82, 2.24) is 15.2 Å². The van der Waals surface area contributed by atoms with Crippen LogP contribution in [0.3, 0.4) is 0 Å². The van der Waals surface area contributed by atoms with E-state index in [9.17, 15) is 0 Å². The van der Waals surface area contributed by atoms with Gasteiger partial charge in [0.2, 0.25) is 0 Å². The second-order valence-corrected chi connectivity index (χ2v) is 6.09. The van der Waals surface area contributed by atoms with E-state index in [1.54, 1.807) is 0 Å². The molecule has 0 atom stereocenters. The second kappa shape index (κ2) is 7.16. The molecule has 1 fully saturated rings. The van der Waals surface area contributed by atoms with Crippen LogP contribution in [0.25, 0.3) is 0 Å². The van der Waals surface area contributed by atoms with Crippen molar-refractivity contribution in [2.45, 2.75) is 26.3 Å². The smallest absolute Gasteiger partial charge is 0.0547 e. The predicted molar refractivity (Wildman–Crippen MR) is 81.7 cm³/mol. The molecular weight excluding hydrogens is 250 g/mol. The molecule has 0 aromatic carbocycles. The minimum absolute atomic E-state index is 0.339. The Balaban J connectivity index is 1.95. The molecule has 0 unspecified atom stereocenters. The normalized spacial score (nSPS) is 18.4. The summed E-state index contributed by atoms with van der Waals surface area (Å²) < 4.78 is 5.53. The number of ether oxygens (including phenoxy) is 1. The molecule has 112 valence electrons. The lowest BCUT2D eigenvalue weighted by Crippen LogP contribution is -2.45. The summed E-state index contributed by atoms with van der Waals surface area (Å²) in [5.41, 5.74) is 2.58. The fourth-order valence-corrected chi connectivity index (χ4v) is 3.16. The number of nitrogens with zero attached hydrogens (tertiary/aromatic N) is 2. The van der Waals surface area contributed by atoms with Gasteiger partial charge in [0.25, 0.3) is 0 Å². The maximum atomic E-state index is 5.53. The Labute approximate surface area is 122 Å². The minimum Gasteiger partial charge on any atom is -0.381 e. The van der Waals surface area contributed by atoms with E-state index in [1.165, 1.54) is 0 Å². The summed E-state index contributed by atoms with van der Waals surface area (Å²) in [5, 5.41) is 3.36. The van der Waals surface area contributed by atoms with Crippen LogP contribution in [0, 0.1) is 12.3 Å². The average Bonchev–Trinajstić information content (AvgIpc) is 2.39. The molecule has 4 heteroatoms. The van der Waals surface area contributed by atoms with Gasteiger partial charge in [-0.2, -0.15) is 0 Å². The van der Waals surface area contributed by atoms with E-state index < -0.39 is 0 Å². The highest BCUT2D eigenvalue weighted by atomic mass is 16.5. The van der Waals surface area contributed by atoms with Crippen LogP contribution in [-0.4, -0.2) is 50.3 Å². The first kappa shape index (κ1) is 15.4. The number of aromatic nitrogens is 1. The van der Waals surface area contributed by atoms with Gasteiger partial charge in [0, 0.05) is 38.5 Å². The Morgan fingerprint density at radius 1 is 1.35 bits per heavy atom. The quantitative estimate of drug-likeness (QED) is 0.861. The molecule has 20 heavy (non-hydrogen) atoms. The molecule has 0 saturated carbocycles. The fraction of sp³-hybridized carbons (Fsp3) is 0.688. The third-order valence-corrected chi connectivity index (χ3v) is 4.09. The molecule has 1 aliphatic heterocycles. The van der Waals surface area contributed by atoms with Crippen LogP contribution < -0.4 is 5.32 Å². The fourth-order valence-electron chi connectivity index (χ4n) is 3.16. The molecule has 1 aromatic rings. The molecule has 1 aliphatic rings. The monoisotopic (exact) mass is 277 g/mol. The van der Waals surface area contributed by atoms with Crippen LogP contribution in [-0.2, 0) is 11.3 Å². The summed E-state index contributed by atoms with van der Waals surface area (Å²) in [4.78, 5) is 6.99. The van der Waals surface area contributed by atoms with Gasteiger partial charge in [0.15, 0.2) is 0 Å². The number of hydrogen-bond donors (Lipinski definition) is 1. The Hall–Kier alpha value is -0.970. The summed E-state index contributed by atoms with van der Waals surface area (Å²) in [6.45, 7) is 6.88. The van der Waals surface area contributed by atoms with Gasteiger partial charge >= 0.3 is 0 Å². The summed E-state index contributed by atoms with van der Waals surface area (Å²) in [6.07, 6.45) is 2.28. The second-order valence-electron chi connectivity index (χ2n) is 6.09. The third-order valence-electron chi connectivity index (χ3n) is 4.09. The van der Waals surface area contributed by atoms with E-state index in [4.69, 9.17) is 4.74 Å². The summed E-state index contributed by atoms with van der Waals surface area (Å²) in [7, 11) is 4.23. The first-order valence-electron chi connectivity index (χ1n) is 7.47. The van der Waals surface area contributed by atoms with E-state index in [1.807, 2.05) is 20.0 Å². The van der Waals surface area contributed by atoms with Gasteiger partial charge in [0.05, 0.1) is 5.69 Å². The number of pyridine rings is 1. The maximum Gasteiger partial charge on any atom is 0.0547 e. The van der Waals surface area contributed by atoms with Crippen LogP contribution in [0.1, 0.15) is 24.2 Å². The highest BCUT2D eigenvalue weighted by molar-refractivity contribution is 5.09. The molecule has 0 bridgehead atoms. The zero-order valence-electron chi connectivity index (χ0n) is 13.0. The van der Waals surface area contributed by atoms with Crippen molar-refractivity contribution < 1.29 is 4.74 Å². The molecule has 1 N–H and O–H groups in total. The molecule has 0 radical (unpaired) electrons. The van der Waals surface area contributed by atoms with Crippen molar-refractivity contribution in [3.63, 3.8) is 0 Å². The minimum atomic E-state index is 0.339. The van der Waals surface area contributed by atoms with Gasteiger partial charge in [-0.15, -0.1) is 0 Å². The predicted octanol–water partition coefficient (Wildman–Crippen LogP) is 1.84. The standard InChI is InChI=1S/C16H27N3O/c1-14-5-4-6-15(18-14)11-19(3)13-16(12-17-2)7-9-20-10-8-16/h4-6,17H,7-13H2,1-3H3. The van der Waals surface area contributed by atoms with Gasteiger partial charge < -0.3 is 10.1 Å². The van der Waals surface area contributed by atoms with E-state index in [0.717, 1.165) is 57.1 Å². The summed E-state index contributed by atoms with van der Waals surface area (Å²) >= 11 is 0. The molecule has 2 heterocycles. The SMILES string of the molecule is CNCC1(CN(C)Cc2cccc(C)n2)CCOCC1. The Kier molecular flexibility index (Phi) is 5.52. The van der Waals surface area contributed by atoms with Crippen molar-refractivity contribution in [3.05, 3.63) is 29.6 Å². The van der Waals surface area contributed by atoms with Crippen molar-refractivity contribution in [2.75, 3.05) is 40.4 Å². The molecule has 1 saturated heterocycles. The van der Waals surface area contributed by atoms with Gasteiger partial charge in [0.1, 0.15) is 0 Å². The van der Waals surface area contributed by atoms with Gasteiger partial charge in [-0.25, -0.2) is 0 Å². The van der Waals surface area contributed by atoms with Crippen molar-refractivity contribution in [1.29, 1.82) is 0 Å². The lowest BCUT2D eigenvalue weighted by Gasteiger charge is -2.40. The largest absolute Gasteiger partial charge is 0.381 e. The third kappa shape index (κ3) is 4.27. The van der Waals surface area contributed by atoms with Gasteiger partial charge in [-0.05, 0) is 51.4 Å². The molecule has 0 spiro atoms. The maximum absolute atomic E-state index is 5.53. The highest BCUT2D eigenvalue weighted by Crippen LogP contribution is 2.30. The number of hydrogen-bond acceptors (Lipinski definition) is 4. The number of aryl methyl sites for hydroxylation is 1.